The molecular weight excluding hydrogens is 677 g/mol. The zero-order valence-corrected chi connectivity index (χ0v) is 32.6. The molecule has 0 radical (unpaired) electrons. The van der Waals surface area contributed by atoms with Crippen molar-refractivity contribution in [2.24, 2.45) is 0 Å². The molecule has 0 aromatic heterocycles. The van der Waals surface area contributed by atoms with Crippen molar-refractivity contribution in [1.82, 2.24) is 0 Å². The largest absolute Gasteiger partial charge is 0.494 e. The van der Waals surface area contributed by atoms with Crippen LogP contribution in [0.4, 0.5) is 0 Å². The molecule has 6 rings (SSSR count). The van der Waals surface area contributed by atoms with Crippen LogP contribution in [0.2, 0.25) is 0 Å². The Morgan fingerprint density at radius 3 is 1.25 bits per heavy atom. The first kappa shape index (κ1) is 40.5. The number of hydrogen-bond acceptors (Lipinski definition) is 6. The fourth-order valence-corrected chi connectivity index (χ4v) is 6.85. The van der Waals surface area contributed by atoms with E-state index in [4.69, 9.17) is 18.9 Å². The van der Waals surface area contributed by atoms with Crippen molar-refractivity contribution in [3.05, 3.63) is 131 Å². The number of unbranched alkanes of at least 4 members (excludes halogenated alkanes) is 6. The molecule has 0 saturated heterocycles. The van der Waals surface area contributed by atoms with E-state index < -0.39 is 11.9 Å². The van der Waals surface area contributed by atoms with Gasteiger partial charge in [-0.3, -0.25) is 0 Å². The molecule has 0 N–H and O–H groups in total. The van der Waals surface area contributed by atoms with Crippen molar-refractivity contribution in [3.63, 3.8) is 0 Å². The van der Waals surface area contributed by atoms with E-state index in [2.05, 4.69) is 26.0 Å². The fraction of sp³-hybridized carbons (Fsp3) is 0.292. The summed E-state index contributed by atoms with van der Waals surface area (Å²) in [6.07, 6.45) is 8.97. The van der Waals surface area contributed by atoms with Crippen LogP contribution in [-0.4, -0.2) is 25.2 Å². The van der Waals surface area contributed by atoms with Crippen LogP contribution in [0.3, 0.4) is 0 Å². The minimum atomic E-state index is -0.494. The van der Waals surface area contributed by atoms with Crippen molar-refractivity contribution in [2.75, 3.05) is 13.2 Å². The second kappa shape index (κ2) is 19.6. The minimum absolute atomic E-state index is 0. The molecule has 0 fully saturated rings. The predicted molar refractivity (Wildman–Crippen MR) is 218 cm³/mol. The number of fused-ring (bicyclic) bond motifs is 2. The van der Waals surface area contributed by atoms with Crippen molar-refractivity contribution in [1.29, 1.82) is 0 Å². The van der Waals surface area contributed by atoms with Crippen molar-refractivity contribution >= 4 is 33.5 Å². The molecule has 0 aliphatic heterocycles. The zero-order chi connectivity index (χ0) is 37.9. The van der Waals surface area contributed by atoms with E-state index in [1.165, 1.54) is 25.7 Å². The zero-order valence-electron chi connectivity index (χ0n) is 32.6. The topological polar surface area (TPSA) is 71.1 Å². The Morgan fingerprint density at radius 1 is 0.491 bits per heavy atom. The van der Waals surface area contributed by atoms with Crippen LogP contribution in [-0.2, 0) is 0 Å². The number of hydrogen-bond donors (Lipinski definition) is 0. The van der Waals surface area contributed by atoms with Crippen LogP contribution in [0.5, 0.6) is 23.0 Å². The van der Waals surface area contributed by atoms with Gasteiger partial charge in [-0.25, -0.2) is 9.59 Å². The fourth-order valence-electron chi connectivity index (χ4n) is 6.85. The summed E-state index contributed by atoms with van der Waals surface area (Å²) >= 11 is 0. The van der Waals surface area contributed by atoms with E-state index in [9.17, 15) is 9.59 Å². The maximum atomic E-state index is 13.9. The van der Waals surface area contributed by atoms with Gasteiger partial charge in [0.15, 0.2) is 0 Å². The van der Waals surface area contributed by atoms with Gasteiger partial charge in [0.2, 0.25) is 0 Å². The standard InChI is InChI=1S/C48H50O6.He/c1-5-7-9-15-29-51-39-25-21-35(22-26-39)47(49)53-45-41-19-13-11-17-37(41)31-33(3)43(45)44-34(4)32-38-18-12-14-20-42(38)46(44)54-48(50)36-23-27-40(28-24-36)52-30-16-10-8-6-2;/h11-14,17-28,31-32H,5-10,15-16,29-30H2,1-4H3;. The predicted octanol–water partition coefficient (Wildman–Crippen LogP) is 12.6. The Morgan fingerprint density at radius 2 is 0.873 bits per heavy atom. The Balaban J connectivity index is 0.00000580. The van der Waals surface area contributed by atoms with E-state index in [1.54, 1.807) is 24.3 Å². The number of ether oxygens (including phenoxy) is 4. The molecule has 0 atom stereocenters. The number of esters is 2. The molecule has 0 heterocycles. The van der Waals surface area contributed by atoms with Crippen LogP contribution in [0, 0.1) is 20.0 Å². The van der Waals surface area contributed by atoms with E-state index in [-0.39, 0.29) is 6.15 Å². The number of carbonyl (C=O) groups excluding carboxylic acids is 2. The van der Waals surface area contributed by atoms with Gasteiger partial charge in [0, 0.05) is 28.0 Å². The average Bonchev–Trinajstić information content (AvgIpc) is 3.18. The molecule has 0 spiro atoms. The van der Waals surface area contributed by atoms with E-state index in [0.717, 1.165) is 58.4 Å². The van der Waals surface area contributed by atoms with Gasteiger partial charge >= 0.3 is 11.9 Å². The monoisotopic (exact) mass is 726 g/mol. The van der Waals surface area contributed by atoms with Gasteiger partial charge in [0.1, 0.15) is 23.0 Å². The molecular formula is C48H50HeO6. The third-order valence-corrected chi connectivity index (χ3v) is 9.75. The Hall–Kier alpha value is -5.71. The Bertz CT molecular complexity index is 2050. The molecule has 0 unspecified atom stereocenters. The summed E-state index contributed by atoms with van der Waals surface area (Å²) in [4.78, 5) is 27.8. The van der Waals surface area contributed by atoms with Gasteiger partial charge < -0.3 is 18.9 Å². The number of benzene rings is 6. The SMILES string of the molecule is CCCCCCOc1ccc(C(=O)Oc2c(-c3c(C)cc4ccccc4c3OC(=O)c3ccc(OCCCCCC)cc3)c(C)cc3ccccc23)cc1.[He]. The van der Waals surface area contributed by atoms with Gasteiger partial charge in [-0.2, -0.15) is 0 Å². The van der Waals surface area contributed by atoms with Crippen molar-refractivity contribution < 1.29 is 34.7 Å². The Kier molecular flexibility index (Phi) is 14.4. The van der Waals surface area contributed by atoms with Gasteiger partial charge in [-0.1, -0.05) is 113 Å². The van der Waals surface area contributed by atoms with Crippen LogP contribution >= 0.6 is 0 Å². The summed E-state index contributed by atoms with van der Waals surface area (Å²) < 4.78 is 24.6. The smallest absolute Gasteiger partial charge is 0.343 e. The van der Waals surface area contributed by atoms with Crippen LogP contribution in [0.15, 0.2) is 109 Å². The summed E-state index contributed by atoms with van der Waals surface area (Å²) in [6, 6.07) is 34.0. The third kappa shape index (κ3) is 9.89. The van der Waals surface area contributed by atoms with Crippen molar-refractivity contribution in [3.8, 4) is 34.1 Å². The first-order valence-electron chi connectivity index (χ1n) is 19.3. The molecule has 0 aliphatic carbocycles. The molecule has 6 aromatic carbocycles. The summed E-state index contributed by atoms with van der Waals surface area (Å²) in [5, 5.41) is 3.40. The molecule has 6 nitrogen and oxygen atoms in total. The summed E-state index contributed by atoms with van der Waals surface area (Å²) in [6.45, 7) is 9.63. The van der Waals surface area contributed by atoms with Crippen LogP contribution in [0.25, 0.3) is 32.7 Å². The van der Waals surface area contributed by atoms with Crippen LogP contribution < -0.4 is 18.9 Å². The maximum absolute atomic E-state index is 13.9. The number of carbonyl (C=O) groups is 2. The Labute approximate surface area is 325 Å². The minimum Gasteiger partial charge on any atom is -0.494 e. The van der Waals surface area contributed by atoms with Gasteiger partial charge in [0.25, 0.3) is 0 Å². The molecule has 0 aliphatic rings. The summed E-state index contributed by atoms with van der Waals surface area (Å²) in [5.74, 6) is 1.25. The van der Waals surface area contributed by atoms with Gasteiger partial charge in [0.05, 0.1) is 24.3 Å². The first-order valence-corrected chi connectivity index (χ1v) is 19.3. The number of aryl methyl sites for hydroxylation is 2. The van der Waals surface area contributed by atoms with E-state index in [0.29, 0.717) is 58.5 Å². The molecule has 7 heteroatoms. The number of rotatable bonds is 17. The van der Waals surface area contributed by atoms with Crippen LogP contribution in [0.1, 0.15) is 97.1 Å². The average molecular weight is 727 g/mol. The molecule has 6 aromatic rings. The van der Waals surface area contributed by atoms with Gasteiger partial charge in [-0.15, -0.1) is 0 Å². The second-order valence-electron chi connectivity index (χ2n) is 13.9. The molecule has 0 amide bonds. The first-order chi connectivity index (χ1) is 26.4. The summed E-state index contributed by atoms with van der Waals surface area (Å²) in [5.41, 5.74) is 3.93. The molecule has 280 valence electrons. The van der Waals surface area contributed by atoms with E-state index in [1.807, 2.05) is 86.6 Å². The normalized spacial score (nSPS) is 10.9. The van der Waals surface area contributed by atoms with E-state index >= 15 is 0 Å². The molecule has 0 bridgehead atoms. The maximum Gasteiger partial charge on any atom is 0.343 e. The van der Waals surface area contributed by atoms with Crippen molar-refractivity contribution in [2.45, 2.75) is 79.1 Å². The molecule has 0 saturated carbocycles. The third-order valence-electron chi connectivity index (χ3n) is 9.75. The molecule has 55 heavy (non-hydrogen) atoms. The quantitative estimate of drug-likeness (QED) is 0.0529. The second-order valence-corrected chi connectivity index (χ2v) is 13.9. The summed E-state index contributed by atoms with van der Waals surface area (Å²) in [7, 11) is 0. The van der Waals surface area contributed by atoms with Gasteiger partial charge in [-0.05, 0) is 97.1 Å².